The van der Waals surface area contributed by atoms with Crippen molar-refractivity contribution in [3.8, 4) is 0 Å². The molecule has 1 rings (SSSR count). The van der Waals surface area contributed by atoms with Gasteiger partial charge in [0, 0.05) is 10.5 Å². The molecule has 0 saturated heterocycles. The van der Waals surface area contributed by atoms with Crippen LogP contribution in [-0.2, 0) is 6.42 Å². The van der Waals surface area contributed by atoms with E-state index in [1.54, 1.807) is 0 Å². The Morgan fingerprint density at radius 1 is 1.36 bits per heavy atom. The van der Waals surface area contributed by atoms with E-state index in [0.717, 1.165) is 12.8 Å². The van der Waals surface area contributed by atoms with Crippen LogP contribution >= 0.6 is 15.9 Å². The maximum absolute atomic E-state index is 5.93. The van der Waals surface area contributed by atoms with Crippen molar-refractivity contribution in [2.75, 3.05) is 0 Å². The molecule has 0 aliphatic heterocycles. The molecule has 0 fully saturated rings. The molecule has 0 bridgehead atoms. The van der Waals surface area contributed by atoms with Crippen LogP contribution in [0.15, 0.2) is 28.7 Å². The van der Waals surface area contributed by atoms with E-state index in [9.17, 15) is 0 Å². The number of rotatable bonds is 4. The standard InChI is InChI=1S/C12H18BrN/c1-3-10(9(2)14)8-11-6-4-5-7-12(11)13/h4-7,9-10H,3,8,14H2,1-2H3. The van der Waals surface area contributed by atoms with E-state index in [2.05, 4.69) is 48.0 Å². The molecule has 0 radical (unpaired) electrons. The largest absolute Gasteiger partial charge is 0.328 e. The third-order valence-electron chi connectivity index (χ3n) is 2.71. The molecule has 0 aliphatic rings. The van der Waals surface area contributed by atoms with Crippen LogP contribution in [0.25, 0.3) is 0 Å². The third-order valence-corrected chi connectivity index (χ3v) is 3.48. The Kier molecular flexibility index (Phi) is 4.63. The van der Waals surface area contributed by atoms with Gasteiger partial charge in [-0.3, -0.25) is 0 Å². The quantitative estimate of drug-likeness (QED) is 0.878. The van der Waals surface area contributed by atoms with Crippen molar-refractivity contribution in [2.24, 2.45) is 11.7 Å². The Morgan fingerprint density at radius 2 is 2.00 bits per heavy atom. The number of halogens is 1. The van der Waals surface area contributed by atoms with Gasteiger partial charge in [-0.2, -0.15) is 0 Å². The molecular formula is C12H18BrN. The fourth-order valence-electron chi connectivity index (χ4n) is 1.65. The molecule has 1 aromatic carbocycles. The third kappa shape index (κ3) is 3.10. The van der Waals surface area contributed by atoms with Crippen molar-refractivity contribution in [3.63, 3.8) is 0 Å². The molecule has 0 spiro atoms. The first kappa shape index (κ1) is 11.7. The zero-order valence-corrected chi connectivity index (χ0v) is 10.4. The van der Waals surface area contributed by atoms with Gasteiger partial charge in [-0.1, -0.05) is 47.5 Å². The van der Waals surface area contributed by atoms with Crippen LogP contribution in [-0.4, -0.2) is 6.04 Å². The van der Waals surface area contributed by atoms with E-state index < -0.39 is 0 Å². The van der Waals surface area contributed by atoms with E-state index in [1.807, 2.05) is 6.07 Å². The van der Waals surface area contributed by atoms with Gasteiger partial charge >= 0.3 is 0 Å². The Hall–Kier alpha value is -0.340. The Bertz CT molecular complexity index is 283. The predicted molar refractivity (Wildman–Crippen MR) is 65.3 cm³/mol. The molecule has 14 heavy (non-hydrogen) atoms. The Balaban J connectivity index is 2.72. The summed E-state index contributed by atoms with van der Waals surface area (Å²) in [6.45, 7) is 4.29. The van der Waals surface area contributed by atoms with E-state index in [-0.39, 0.29) is 6.04 Å². The summed E-state index contributed by atoms with van der Waals surface area (Å²) in [4.78, 5) is 0. The molecule has 2 atom stereocenters. The van der Waals surface area contributed by atoms with Crippen LogP contribution in [0, 0.1) is 5.92 Å². The molecule has 1 nitrogen and oxygen atoms in total. The highest BCUT2D eigenvalue weighted by atomic mass is 79.9. The highest BCUT2D eigenvalue weighted by molar-refractivity contribution is 9.10. The summed E-state index contributed by atoms with van der Waals surface area (Å²) in [6, 6.07) is 8.64. The smallest absolute Gasteiger partial charge is 0.0207 e. The lowest BCUT2D eigenvalue weighted by Crippen LogP contribution is -2.27. The summed E-state index contributed by atoms with van der Waals surface area (Å²) >= 11 is 3.56. The van der Waals surface area contributed by atoms with E-state index in [4.69, 9.17) is 5.73 Å². The highest BCUT2D eigenvalue weighted by Crippen LogP contribution is 2.21. The van der Waals surface area contributed by atoms with Gasteiger partial charge in [0.15, 0.2) is 0 Å². The molecule has 0 saturated carbocycles. The van der Waals surface area contributed by atoms with Gasteiger partial charge in [-0.15, -0.1) is 0 Å². The zero-order valence-electron chi connectivity index (χ0n) is 8.83. The zero-order chi connectivity index (χ0) is 10.6. The molecule has 0 amide bonds. The fourth-order valence-corrected chi connectivity index (χ4v) is 2.10. The predicted octanol–water partition coefficient (Wildman–Crippen LogP) is 3.37. The van der Waals surface area contributed by atoms with Crippen molar-refractivity contribution in [1.29, 1.82) is 0 Å². The summed E-state index contributed by atoms with van der Waals surface area (Å²) in [5, 5.41) is 0. The molecular weight excluding hydrogens is 238 g/mol. The van der Waals surface area contributed by atoms with E-state index in [0.29, 0.717) is 5.92 Å². The van der Waals surface area contributed by atoms with Crippen LogP contribution in [0.3, 0.4) is 0 Å². The van der Waals surface area contributed by atoms with Crippen LogP contribution in [0.4, 0.5) is 0 Å². The topological polar surface area (TPSA) is 26.0 Å². The van der Waals surface area contributed by atoms with Crippen molar-refractivity contribution in [1.82, 2.24) is 0 Å². The van der Waals surface area contributed by atoms with Crippen LogP contribution in [0.1, 0.15) is 25.8 Å². The minimum absolute atomic E-state index is 0.270. The Labute approximate surface area is 94.8 Å². The molecule has 1 aromatic rings. The van der Waals surface area contributed by atoms with Crippen LogP contribution < -0.4 is 5.73 Å². The first-order valence-corrected chi connectivity index (χ1v) is 5.93. The second kappa shape index (κ2) is 5.52. The molecule has 78 valence electrons. The number of hydrogen-bond acceptors (Lipinski definition) is 1. The molecule has 2 N–H and O–H groups in total. The van der Waals surface area contributed by atoms with Gasteiger partial charge in [-0.05, 0) is 30.9 Å². The van der Waals surface area contributed by atoms with Crippen molar-refractivity contribution >= 4 is 15.9 Å². The lowest BCUT2D eigenvalue weighted by atomic mass is 9.91. The van der Waals surface area contributed by atoms with Gasteiger partial charge in [0.2, 0.25) is 0 Å². The SMILES string of the molecule is CCC(Cc1ccccc1Br)C(C)N. The van der Waals surface area contributed by atoms with Gasteiger partial charge in [0.25, 0.3) is 0 Å². The van der Waals surface area contributed by atoms with Crippen molar-refractivity contribution in [2.45, 2.75) is 32.7 Å². The average molecular weight is 256 g/mol. The lowest BCUT2D eigenvalue weighted by molar-refractivity contribution is 0.427. The summed E-state index contributed by atoms with van der Waals surface area (Å²) in [5.41, 5.74) is 7.29. The highest BCUT2D eigenvalue weighted by Gasteiger charge is 2.13. The van der Waals surface area contributed by atoms with Gasteiger partial charge in [0.05, 0.1) is 0 Å². The van der Waals surface area contributed by atoms with E-state index in [1.165, 1.54) is 10.0 Å². The number of benzene rings is 1. The maximum atomic E-state index is 5.93. The first-order valence-electron chi connectivity index (χ1n) is 5.14. The summed E-state index contributed by atoms with van der Waals surface area (Å²) in [7, 11) is 0. The molecule has 0 aromatic heterocycles. The summed E-state index contributed by atoms with van der Waals surface area (Å²) < 4.78 is 1.19. The fraction of sp³-hybridized carbons (Fsp3) is 0.500. The number of hydrogen-bond donors (Lipinski definition) is 1. The average Bonchev–Trinajstić information content (AvgIpc) is 2.16. The van der Waals surface area contributed by atoms with Gasteiger partial charge in [-0.25, -0.2) is 0 Å². The first-order chi connectivity index (χ1) is 6.65. The lowest BCUT2D eigenvalue weighted by Gasteiger charge is -2.19. The molecule has 2 unspecified atom stereocenters. The van der Waals surface area contributed by atoms with Gasteiger partial charge in [0.1, 0.15) is 0 Å². The second-order valence-electron chi connectivity index (χ2n) is 3.82. The van der Waals surface area contributed by atoms with Crippen LogP contribution in [0.2, 0.25) is 0 Å². The Morgan fingerprint density at radius 3 is 2.50 bits per heavy atom. The normalized spacial score (nSPS) is 15.1. The molecule has 2 heteroatoms. The maximum Gasteiger partial charge on any atom is 0.0207 e. The monoisotopic (exact) mass is 255 g/mol. The van der Waals surface area contributed by atoms with Crippen LogP contribution in [0.5, 0.6) is 0 Å². The summed E-state index contributed by atoms with van der Waals surface area (Å²) in [5.74, 6) is 0.577. The second-order valence-corrected chi connectivity index (χ2v) is 4.68. The van der Waals surface area contributed by atoms with Crippen molar-refractivity contribution in [3.05, 3.63) is 34.3 Å². The van der Waals surface area contributed by atoms with E-state index >= 15 is 0 Å². The number of nitrogens with two attached hydrogens (primary N) is 1. The van der Waals surface area contributed by atoms with Gasteiger partial charge < -0.3 is 5.73 Å². The molecule has 0 aliphatic carbocycles. The minimum atomic E-state index is 0.270. The van der Waals surface area contributed by atoms with Crippen molar-refractivity contribution < 1.29 is 0 Å². The summed E-state index contributed by atoms with van der Waals surface area (Å²) in [6.07, 6.45) is 2.20. The minimum Gasteiger partial charge on any atom is -0.328 e. The molecule has 0 heterocycles.